The molecule has 5 aliphatic rings. The van der Waals surface area contributed by atoms with Crippen LogP contribution in [0.2, 0.25) is 0 Å². The molecule has 1 N–H and O–H groups in total. The zero-order chi connectivity index (χ0) is 37.6. The summed E-state index contributed by atoms with van der Waals surface area (Å²) in [6.07, 6.45) is 8.37. The average Bonchev–Trinajstić information content (AvgIpc) is 4.04. The number of thiazole rings is 1. The number of carbonyl (C=O) groups excluding carboxylic acids is 2. The molecule has 3 aromatic heterocycles. The van der Waals surface area contributed by atoms with Crippen molar-refractivity contribution in [3.63, 3.8) is 0 Å². The van der Waals surface area contributed by atoms with Crippen molar-refractivity contribution in [2.45, 2.75) is 48.0 Å². The second-order valence-electron chi connectivity index (χ2n) is 13.6. The Morgan fingerprint density at radius 2 is 1.38 bits per heavy atom. The minimum Gasteiger partial charge on any atom is -0.480 e. The second-order valence-corrected chi connectivity index (χ2v) is 17.8. The quantitative estimate of drug-likeness (QED) is 0.135. The Labute approximate surface area is 330 Å². The number of hydrogen-bond acceptors (Lipinski definition) is 13. The Hall–Kier alpha value is -6.06. The highest BCUT2D eigenvalue weighted by molar-refractivity contribution is 8.01. The van der Waals surface area contributed by atoms with Crippen molar-refractivity contribution < 1.29 is 14.3 Å². The number of aromatic nitrogens is 1. The fraction of sp³-hybridized carbons (Fsp3) is 0.167. The fourth-order valence-electron chi connectivity index (χ4n) is 8.35. The zero-order valence-electron chi connectivity index (χ0n) is 28.5. The lowest BCUT2D eigenvalue weighted by Gasteiger charge is -2.41. The van der Waals surface area contributed by atoms with E-state index in [1.807, 2.05) is 30.4 Å². The smallest absolute Gasteiger partial charge is 0.194 e. The highest BCUT2D eigenvalue weighted by Crippen LogP contribution is 2.65. The van der Waals surface area contributed by atoms with Gasteiger partial charge in [-0.05, 0) is 49.0 Å². The number of rotatable bonds is 2. The highest BCUT2D eigenvalue weighted by atomic mass is 32.2. The Bertz CT molecular complexity index is 2910. The molecule has 0 amide bonds. The van der Waals surface area contributed by atoms with Gasteiger partial charge in [0.25, 0.3) is 0 Å². The molecule has 0 saturated heterocycles. The number of Topliss-reactive ketones (excluding diaryl/α,β-unsaturated/α-hetero) is 2. The summed E-state index contributed by atoms with van der Waals surface area (Å²) in [6, 6.07) is 22.1. The maximum atomic E-state index is 13.6. The molecule has 5 aromatic rings. The van der Waals surface area contributed by atoms with Crippen LogP contribution in [-0.4, -0.2) is 21.9 Å². The predicted molar refractivity (Wildman–Crippen MR) is 213 cm³/mol. The summed E-state index contributed by atoms with van der Waals surface area (Å²) < 4.78 is 8.23. The molecule has 10 rings (SSSR count). The second kappa shape index (κ2) is 12.5. The Morgan fingerprint density at radius 3 is 2.02 bits per heavy atom. The molecule has 1 fully saturated rings. The van der Waals surface area contributed by atoms with Crippen LogP contribution in [0.15, 0.2) is 81.8 Å². The number of hydrogen-bond donors (Lipinski definition) is 1. The van der Waals surface area contributed by atoms with Gasteiger partial charge >= 0.3 is 0 Å². The van der Waals surface area contributed by atoms with E-state index in [1.165, 1.54) is 11.3 Å². The van der Waals surface area contributed by atoms with Crippen molar-refractivity contribution in [1.82, 2.24) is 4.98 Å². The van der Waals surface area contributed by atoms with Gasteiger partial charge in [0.05, 0.1) is 24.7 Å². The van der Waals surface area contributed by atoms with Crippen LogP contribution < -0.4 is 10.1 Å². The molecule has 55 heavy (non-hydrogen) atoms. The fourth-order valence-corrected chi connectivity index (χ4v) is 13.6. The van der Waals surface area contributed by atoms with Crippen LogP contribution in [0, 0.1) is 45.3 Å². The van der Waals surface area contributed by atoms with E-state index in [-0.39, 0.29) is 28.1 Å². The van der Waals surface area contributed by atoms with Crippen LogP contribution in [0.4, 0.5) is 5.00 Å². The van der Waals surface area contributed by atoms with Crippen molar-refractivity contribution in [3.05, 3.63) is 110 Å². The van der Waals surface area contributed by atoms with E-state index < -0.39 is 5.60 Å². The molecule has 262 valence electrons. The van der Waals surface area contributed by atoms with E-state index >= 15 is 0 Å². The summed E-state index contributed by atoms with van der Waals surface area (Å²) >= 11 is 6.29. The third-order valence-electron chi connectivity index (χ3n) is 10.7. The van der Waals surface area contributed by atoms with Crippen molar-refractivity contribution in [2.75, 3.05) is 5.32 Å². The van der Waals surface area contributed by atoms with Crippen molar-refractivity contribution >= 4 is 89.1 Å². The molecule has 2 aromatic carbocycles. The largest absolute Gasteiger partial charge is 0.480 e. The van der Waals surface area contributed by atoms with Crippen molar-refractivity contribution in [1.29, 1.82) is 21.0 Å². The summed E-state index contributed by atoms with van der Waals surface area (Å²) in [5, 5.41) is 44.0. The van der Waals surface area contributed by atoms with E-state index in [2.05, 4.69) is 5.32 Å². The molecular weight excluding hydrogens is 765 g/mol. The number of thiophene rings is 2. The maximum Gasteiger partial charge on any atom is 0.194 e. The molecule has 1 spiro atoms. The minimum absolute atomic E-state index is 0.0913. The van der Waals surface area contributed by atoms with E-state index in [4.69, 9.17) is 9.72 Å². The lowest BCUT2D eigenvalue weighted by Crippen LogP contribution is -2.37. The number of nitrogens with one attached hydrogen (secondary N) is 1. The summed E-state index contributed by atoms with van der Waals surface area (Å²) in [5.74, 6) is 0.393. The Kier molecular flexibility index (Phi) is 7.61. The normalized spacial score (nSPS) is 19.8. The number of thioether (sulfide) groups is 1. The Morgan fingerprint density at radius 1 is 0.782 bits per heavy atom. The number of anilines is 1. The van der Waals surface area contributed by atoms with Gasteiger partial charge in [0.15, 0.2) is 17.3 Å². The lowest BCUT2D eigenvalue weighted by atomic mass is 9.78. The summed E-state index contributed by atoms with van der Waals surface area (Å²) in [6.45, 7) is 0. The number of ether oxygens (including phenoxy) is 1. The summed E-state index contributed by atoms with van der Waals surface area (Å²) in [7, 11) is 0. The molecule has 13 heteroatoms. The molecule has 0 bridgehead atoms. The van der Waals surface area contributed by atoms with Gasteiger partial charge in [-0.25, -0.2) is 4.98 Å². The van der Waals surface area contributed by atoms with Gasteiger partial charge in [0, 0.05) is 39.0 Å². The van der Waals surface area contributed by atoms with Crippen LogP contribution in [0.3, 0.4) is 0 Å². The molecule has 5 heterocycles. The van der Waals surface area contributed by atoms with E-state index in [0.29, 0.717) is 49.6 Å². The third kappa shape index (κ3) is 4.82. The maximum absolute atomic E-state index is 13.6. The van der Waals surface area contributed by atoms with Crippen LogP contribution in [0.5, 0.6) is 5.75 Å². The molecular formula is C42H22N6O3S4. The van der Waals surface area contributed by atoms with Gasteiger partial charge in [-0.15, -0.1) is 34.0 Å². The topological polar surface area (TPSA) is 163 Å². The van der Waals surface area contributed by atoms with Gasteiger partial charge < -0.3 is 10.1 Å². The average molecular weight is 787 g/mol. The van der Waals surface area contributed by atoms with Gasteiger partial charge in [-0.3, -0.25) is 9.59 Å². The predicted octanol–water partition coefficient (Wildman–Crippen LogP) is 10.2. The number of carbonyl (C=O) groups is 2. The molecule has 1 atom stereocenters. The molecule has 9 nitrogen and oxygen atoms in total. The van der Waals surface area contributed by atoms with Crippen molar-refractivity contribution in [3.8, 4) is 39.8 Å². The van der Waals surface area contributed by atoms with Crippen LogP contribution in [-0.2, 0) is 5.60 Å². The van der Waals surface area contributed by atoms with Crippen molar-refractivity contribution in [2.24, 2.45) is 0 Å². The standard InChI is InChI=1S/C42H22N6O3S4/c43-16-20(17-44)30-22-8-2-4-10-24(22)33(49)26(30)14-28-47-40-37(52-28)32-36(54-40)38-35(51-42(32)12-6-1-7-13-42)39-41(55-38)48-29(53-39)15-27-31(21(18-45)19-46)23-9-3-5-11-25(23)34(27)50/h2-5,8-11,14-15,29,48H,1,6-7,12-13H2/b26-14-,27-15-. The first kappa shape index (κ1) is 33.5. The molecule has 1 unspecified atom stereocenters. The number of fused-ring (bicyclic) bond motifs is 10. The monoisotopic (exact) mass is 786 g/mol. The first-order valence-corrected chi connectivity index (χ1v) is 20.8. The van der Waals surface area contributed by atoms with Gasteiger partial charge in [0.2, 0.25) is 0 Å². The first-order chi connectivity index (χ1) is 26.9. The van der Waals surface area contributed by atoms with E-state index in [9.17, 15) is 30.6 Å². The molecule has 2 aliphatic heterocycles. The summed E-state index contributed by atoms with van der Waals surface area (Å²) in [4.78, 5) is 36.2. The van der Waals surface area contributed by atoms with Gasteiger partial charge in [0.1, 0.15) is 55.9 Å². The van der Waals surface area contributed by atoms with Crippen LogP contribution in [0.1, 0.15) is 74.5 Å². The zero-order valence-corrected chi connectivity index (χ0v) is 31.7. The number of ketones is 2. The number of nitrogens with zero attached hydrogens (tertiary/aromatic N) is 5. The number of benzene rings is 2. The molecule has 0 radical (unpaired) electrons. The van der Waals surface area contributed by atoms with E-state index in [1.54, 1.807) is 89.0 Å². The summed E-state index contributed by atoms with van der Waals surface area (Å²) in [5.41, 5.74) is 3.86. The van der Waals surface area contributed by atoms with Crippen LogP contribution >= 0.6 is 45.8 Å². The molecule has 3 aliphatic carbocycles. The Balaban J connectivity index is 1.05. The third-order valence-corrected chi connectivity index (χ3v) is 15.4. The highest BCUT2D eigenvalue weighted by Gasteiger charge is 2.48. The number of allylic oxidation sites excluding steroid dienone is 6. The van der Waals surface area contributed by atoms with Gasteiger partial charge in [-0.1, -0.05) is 66.7 Å². The first-order valence-electron chi connectivity index (χ1n) is 17.4. The number of nitriles is 4. The SMILES string of the molecule is N#CC(C#N)=C1/C(=C/c2nc3sc4c(c3s2)C2(CCCCC2)Oc2c-4sc3c2SC(/C=C2\C(=O)c4ccccc4C2=C(C#N)C#N)N3)C(=O)c2ccccc21. The minimum atomic E-state index is -0.561. The van der Waals surface area contributed by atoms with Crippen LogP contribution in [0.25, 0.3) is 36.5 Å². The molecule has 1 saturated carbocycles. The lowest BCUT2D eigenvalue weighted by molar-refractivity contribution is 0.0241. The van der Waals surface area contributed by atoms with Gasteiger partial charge in [-0.2, -0.15) is 21.0 Å². The van der Waals surface area contributed by atoms with E-state index in [0.717, 1.165) is 72.6 Å².